The molecule has 0 radical (unpaired) electrons. The van der Waals surface area contributed by atoms with Gasteiger partial charge in [0.1, 0.15) is 0 Å². The van der Waals surface area contributed by atoms with Gasteiger partial charge in [-0.3, -0.25) is 0 Å². The van der Waals surface area contributed by atoms with Crippen LogP contribution in [0.2, 0.25) is 0 Å². The zero-order valence-corrected chi connectivity index (χ0v) is 5.44. The van der Waals surface area contributed by atoms with Crippen molar-refractivity contribution in [2.45, 2.75) is 26.7 Å². The third-order valence-corrected chi connectivity index (χ3v) is 0.648. The van der Waals surface area contributed by atoms with Crippen molar-refractivity contribution < 1.29 is 0 Å². The molecule has 0 aromatic carbocycles. The molecule has 0 aromatic rings. The largest absolute Gasteiger partial charge is 0.211 e. The maximum absolute atomic E-state index is 3.72. The van der Waals surface area contributed by atoms with Crippen LogP contribution in [0.5, 0.6) is 0 Å². The second-order valence-electron chi connectivity index (χ2n) is 1.43. The standard InChI is InChI=1S/C7H11N/c1-3-5-6-7-8-4-2/h4H,3,5H2,1-2H3. The van der Waals surface area contributed by atoms with Gasteiger partial charge in [0.25, 0.3) is 0 Å². The summed E-state index contributed by atoms with van der Waals surface area (Å²) in [5.74, 6) is 2.89. The number of rotatable bonds is 1. The molecule has 0 amide bonds. The number of hydrogen-bond acceptors (Lipinski definition) is 1. The van der Waals surface area contributed by atoms with Crippen LogP contribution in [0.4, 0.5) is 0 Å². The Balaban J connectivity index is 3.21. The minimum absolute atomic E-state index is 0.956. The van der Waals surface area contributed by atoms with E-state index in [2.05, 4.69) is 23.9 Å². The molecule has 0 aromatic heterocycles. The zero-order valence-electron chi connectivity index (χ0n) is 5.44. The highest BCUT2D eigenvalue weighted by molar-refractivity contribution is 5.55. The lowest BCUT2D eigenvalue weighted by Crippen LogP contribution is -1.60. The molecule has 1 nitrogen and oxygen atoms in total. The molecule has 0 fully saturated rings. The lowest BCUT2D eigenvalue weighted by molar-refractivity contribution is 0.982. The van der Waals surface area contributed by atoms with Crippen molar-refractivity contribution in [2.24, 2.45) is 4.99 Å². The van der Waals surface area contributed by atoms with Crippen LogP contribution in [0.1, 0.15) is 26.7 Å². The van der Waals surface area contributed by atoms with Crippen molar-refractivity contribution in [3.63, 3.8) is 0 Å². The Bertz CT molecular complexity index is 114. The maximum Gasteiger partial charge on any atom is 0.0332 e. The van der Waals surface area contributed by atoms with E-state index >= 15 is 0 Å². The van der Waals surface area contributed by atoms with Gasteiger partial charge in [0.2, 0.25) is 0 Å². The monoisotopic (exact) mass is 109 g/mol. The predicted molar refractivity (Wildman–Crippen MR) is 36.9 cm³/mol. The first kappa shape index (κ1) is 7.23. The molecular weight excluding hydrogens is 98.1 g/mol. The molecule has 0 aliphatic rings. The number of unbranched alkanes of at least 4 members (excludes halogenated alkanes) is 1. The van der Waals surface area contributed by atoms with E-state index < -0.39 is 0 Å². The normalized spacial score (nSPS) is 8.75. The van der Waals surface area contributed by atoms with Crippen LogP contribution in [0.3, 0.4) is 0 Å². The molecule has 0 bridgehead atoms. The highest BCUT2D eigenvalue weighted by Crippen LogP contribution is 1.79. The molecule has 0 N–H and O–H groups in total. The van der Waals surface area contributed by atoms with E-state index in [0.29, 0.717) is 0 Å². The first-order valence-corrected chi connectivity index (χ1v) is 2.87. The quantitative estimate of drug-likeness (QED) is 0.360. The molecule has 0 aliphatic carbocycles. The van der Waals surface area contributed by atoms with Crippen LogP contribution < -0.4 is 0 Å². The Labute approximate surface area is 50.8 Å². The van der Waals surface area contributed by atoms with E-state index in [1.807, 2.05) is 6.92 Å². The first-order valence-electron chi connectivity index (χ1n) is 2.87. The first-order chi connectivity index (χ1) is 3.91. The lowest BCUT2D eigenvalue weighted by Gasteiger charge is -1.72. The van der Waals surface area contributed by atoms with Crippen LogP contribution >= 0.6 is 0 Å². The molecule has 0 aliphatic heterocycles. The number of hydrogen-bond donors (Lipinski definition) is 0. The SMILES string of the molecule is CC=NC#CCCC. The van der Waals surface area contributed by atoms with E-state index in [4.69, 9.17) is 0 Å². The summed E-state index contributed by atoms with van der Waals surface area (Å²) >= 11 is 0. The highest BCUT2D eigenvalue weighted by atomic mass is 14.6. The van der Waals surface area contributed by atoms with Crippen molar-refractivity contribution in [1.29, 1.82) is 0 Å². The summed E-state index contributed by atoms with van der Waals surface area (Å²) in [5.41, 5.74) is 0. The highest BCUT2D eigenvalue weighted by Gasteiger charge is 1.65. The fourth-order valence-electron chi connectivity index (χ4n) is 0.291. The van der Waals surface area contributed by atoms with Gasteiger partial charge < -0.3 is 0 Å². The topological polar surface area (TPSA) is 12.4 Å². The van der Waals surface area contributed by atoms with Crippen molar-refractivity contribution >= 4 is 6.21 Å². The minimum Gasteiger partial charge on any atom is -0.211 e. The minimum atomic E-state index is 0.956. The van der Waals surface area contributed by atoms with Crippen LogP contribution in [0.25, 0.3) is 0 Å². The molecule has 0 unspecified atom stereocenters. The summed E-state index contributed by atoms with van der Waals surface area (Å²) in [6.07, 6.45) is 3.77. The van der Waals surface area contributed by atoms with Gasteiger partial charge in [-0.2, -0.15) is 0 Å². The summed E-state index contributed by atoms with van der Waals surface area (Å²) in [4.78, 5) is 3.72. The summed E-state index contributed by atoms with van der Waals surface area (Å²) < 4.78 is 0. The summed E-state index contributed by atoms with van der Waals surface area (Å²) in [5, 5.41) is 0. The number of nitrogens with zero attached hydrogens (tertiary/aromatic N) is 1. The average molecular weight is 109 g/mol. The zero-order chi connectivity index (χ0) is 6.24. The average Bonchev–Trinajstić information content (AvgIpc) is 1.81. The van der Waals surface area contributed by atoms with Gasteiger partial charge in [0, 0.05) is 18.7 Å². The van der Waals surface area contributed by atoms with Gasteiger partial charge in [0.05, 0.1) is 0 Å². The third-order valence-electron chi connectivity index (χ3n) is 0.648. The van der Waals surface area contributed by atoms with Crippen LogP contribution in [0.15, 0.2) is 4.99 Å². The van der Waals surface area contributed by atoms with Gasteiger partial charge in [-0.05, 0) is 13.3 Å². The molecule has 44 valence electrons. The predicted octanol–water partition coefficient (Wildman–Crippen LogP) is 1.84. The van der Waals surface area contributed by atoms with Crippen molar-refractivity contribution in [1.82, 2.24) is 0 Å². The maximum atomic E-state index is 3.72. The summed E-state index contributed by atoms with van der Waals surface area (Å²) in [6, 6.07) is 2.66. The molecule has 0 spiro atoms. The lowest BCUT2D eigenvalue weighted by atomic mass is 10.4. The second-order valence-corrected chi connectivity index (χ2v) is 1.43. The van der Waals surface area contributed by atoms with E-state index in [1.54, 1.807) is 6.21 Å². The van der Waals surface area contributed by atoms with Crippen LogP contribution in [-0.2, 0) is 0 Å². The Morgan fingerprint density at radius 3 is 2.88 bits per heavy atom. The van der Waals surface area contributed by atoms with Crippen molar-refractivity contribution in [3.05, 3.63) is 0 Å². The van der Waals surface area contributed by atoms with Crippen LogP contribution in [0, 0.1) is 12.0 Å². The van der Waals surface area contributed by atoms with E-state index in [9.17, 15) is 0 Å². The summed E-state index contributed by atoms with van der Waals surface area (Å²) in [6.45, 7) is 3.96. The fraction of sp³-hybridized carbons (Fsp3) is 0.571. The molecule has 0 heterocycles. The van der Waals surface area contributed by atoms with E-state index in [1.165, 1.54) is 0 Å². The molecule has 8 heavy (non-hydrogen) atoms. The van der Waals surface area contributed by atoms with Crippen molar-refractivity contribution in [3.8, 4) is 12.0 Å². The Morgan fingerprint density at radius 1 is 1.62 bits per heavy atom. The fourth-order valence-corrected chi connectivity index (χ4v) is 0.291. The van der Waals surface area contributed by atoms with Gasteiger partial charge in [-0.1, -0.05) is 12.8 Å². The second kappa shape index (κ2) is 6.23. The smallest absolute Gasteiger partial charge is 0.0332 e. The molecule has 0 atom stereocenters. The summed E-state index contributed by atoms with van der Waals surface area (Å²) in [7, 11) is 0. The van der Waals surface area contributed by atoms with Gasteiger partial charge in [-0.25, -0.2) is 4.99 Å². The van der Waals surface area contributed by atoms with E-state index in [0.717, 1.165) is 12.8 Å². The van der Waals surface area contributed by atoms with Crippen molar-refractivity contribution in [2.75, 3.05) is 0 Å². The number of aliphatic imine (C=N–C) groups is 1. The van der Waals surface area contributed by atoms with Crippen LogP contribution in [-0.4, -0.2) is 6.21 Å². The molecule has 1 heteroatoms. The molecule has 0 saturated heterocycles. The molecular formula is C7H11N. The Hall–Kier alpha value is -0.770. The van der Waals surface area contributed by atoms with Gasteiger partial charge in [0.15, 0.2) is 0 Å². The molecule has 0 rings (SSSR count). The molecule has 0 saturated carbocycles. The van der Waals surface area contributed by atoms with Gasteiger partial charge in [-0.15, -0.1) is 0 Å². The Morgan fingerprint density at radius 2 is 2.38 bits per heavy atom. The van der Waals surface area contributed by atoms with E-state index in [-0.39, 0.29) is 0 Å². The third kappa shape index (κ3) is 5.23. The van der Waals surface area contributed by atoms with Gasteiger partial charge >= 0.3 is 0 Å². The Kier molecular flexibility index (Phi) is 5.63.